The monoisotopic (exact) mass is 481 g/mol. The minimum Gasteiger partial charge on any atom is -0.466 e. The summed E-state index contributed by atoms with van der Waals surface area (Å²) >= 11 is 0. The molecule has 2 aliphatic heterocycles. The Kier molecular flexibility index (Phi) is 7.24. The molecule has 3 heterocycles. The average molecular weight is 482 g/mol. The molecule has 0 N–H and O–H groups in total. The molecular formula is C29H31N5O2. The summed E-state index contributed by atoms with van der Waals surface area (Å²) in [4.78, 5) is 27.1. The van der Waals surface area contributed by atoms with Crippen molar-refractivity contribution in [2.75, 3.05) is 31.1 Å². The first-order chi connectivity index (χ1) is 17.6. The van der Waals surface area contributed by atoms with Gasteiger partial charge in [0, 0.05) is 50.3 Å². The van der Waals surface area contributed by atoms with Crippen LogP contribution in [-0.4, -0.2) is 47.1 Å². The topological polar surface area (TPSA) is 82.3 Å². The Morgan fingerprint density at radius 1 is 1.08 bits per heavy atom. The van der Waals surface area contributed by atoms with E-state index in [0.29, 0.717) is 12.2 Å². The Balaban J connectivity index is 1.42. The van der Waals surface area contributed by atoms with Crippen molar-refractivity contribution in [3.8, 4) is 17.5 Å². The minimum absolute atomic E-state index is 0.0450. The smallest absolute Gasteiger partial charge is 0.309 e. The molecule has 0 saturated carbocycles. The maximum absolute atomic E-state index is 12.3. The number of hydrogen-bond donors (Lipinski definition) is 0. The van der Waals surface area contributed by atoms with Crippen LogP contribution in [0.5, 0.6) is 0 Å². The van der Waals surface area contributed by atoms with Gasteiger partial charge in [0.15, 0.2) is 5.82 Å². The predicted molar refractivity (Wildman–Crippen MR) is 138 cm³/mol. The van der Waals surface area contributed by atoms with Crippen LogP contribution in [-0.2, 0) is 29.0 Å². The number of nitriles is 1. The van der Waals surface area contributed by atoms with Crippen LogP contribution in [0.4, 0.5) is 5.82 Å². The summed E-state index contributed by atoms with van der Waals surface area (Å²) in [6, 6.07) is 20.2. The zero-order chi connectivity index (χ0) is 24.9. The number of nitrogens with zero attached hydrogens (tertiary/aromatic N) is 5. The molecule has 0 spiro atoms. The van der Waals surface area contributed by atoms with Gasteiger partial charge < -0.3 is 9.64 Å². The van der Waals surface area contributed by atoms with Crippen molar-refractivity contribution >= 4 is 11.8 Å². The normalized spacial score (nSPS) is 16.3. The predicted octanol–water partition coefficient (Wildman–Crippen LogP) is 4.35. The lowest BCUT2D eigenvalue weighted by atomic mass is 9.96. The SMILES string of the molecule is CCOC(=O)C1CCN(c2nc(-c3ccccc3)nc3c2CN(Cc2cccc(C#N)c2)CC3)CC1. The number of benzene rings is 2. The van der Waals surface area contributed by atoms with Gasteiger partial charge in [-0.25, -0.2) is 9.97 Å². The van der Waals surface area contributed by atoms with Crippen molar-refractivity contribution in [1.29, 1.82) is 5.26 Å². The molecule has 1 aromatic heterocycles. The summed E-state index contributed by atoms with van der Waals surface area (Å²) in [6.07, 6.45) is 2.38. The standard InChI is InChI=1S/C29H31N5O2/c1-2-36-29(35)24-11-15-34(16-12-24)28-25-20-33(19-22-8-6-7-21(17-22)18-30)14-13-26(25)31-27(32-28)23-9-4-3-5-10-23/h3-10,17,24H,2,11-16,19-20H2,1H3. The Bertz CT molecular complexity index is 1260. The summed E-state index contributed by atoms with van der Waals surface area (Å²) in [5, 5.41) is 9.27. The summed E-state index contributed by atoms with van der Waals surface area (Å²) in [5.74, 6) is 1.61. The summed E-state index contributed by atoms with van der Waals surface area (Å²) in [5.41, 5.74) is 5.11. The van der Waals surface area contributed by atoms with Crippen LogP contribution in [0.25, 0.3) is 11.4 Å². The van der Waals surface area contributed by atoms with Gasteiger partial charge in [-0.1, -0.05) is 42.5 Å². The average Bonchev–Trinajstić information content (AvgIpc) is 2.93. The fraction of sp³-hybridized carbons (Fsp3) is 0.379. The number of carbonyl (C=O) groups excluding carboxylic acids is 1. The molecule has 0 bridgehead atoms. The van der Waals surface area contributed by atoms with Crippen LogP contribution >= 0.6 is 0 Å². The van der Waals surface area contributed by atoms with Crippen LogP contribution < -0.4 is 4.90 Å². The molecule has 7 heteroatoms. The molecule has 5 rings (SSSR count). The number of rotatable bonds is 6. The van der Waals surface area contributed by atoms with E-state index in [1.54, 1.807) is 0 Å². The number of aromatic nitrogens is 2. The number of carbonyl (C=O) groups is 1. The molecule has 0 aliphatic carbocycles. The first-order valence-electron chi connectivity index (χ1n) is 12.7. The fourth-order valence-corrected chi connectivity index (χ4v) is 5.15. The van der Waals surface area contributed by atoms with E-state index in [0.717, 1.165) is 80.4 Å². The molecule has 0 radical (unpaired) electrons. The largest absolute Gasteiger partial charge is 0.466 e. The van der Waals surface area contributed by atoms with Crippen LogP contribution in [0.15, 0.2) is 54.6 Å². The van der Waals surface area contributed by atoms with Crippen molar-refractivity contribution in [1.82, 2.24) is 14.9 Å². The molecule has 0 atom stereocenters. The third-order valence-electron chi connectivity index (χ3n) is 7.03. The van der Waals surface area contributed by atoms with E-state index in [-0.39, 0.29) is 11.9 Å². The van der Waals surface area contributed by atoms with Crippen LogP contribution in [0, 0.1) is 17.2 Å². The van der Waals surface area contributed by atoms with Gasteiger partial charge in [0.1, 0.15) is 5.82 Å². The molecule has 7 nitrogen and oxygen atoms in total. The first kappa shape index (κ1) is 24.0. The maximum Gasteiger partial charge on any atom is 0.309 e. The molecule has 0 unspecified atom stereocenters. The molecule has 1 saturated heterocycles. The van der Waals surface area contributed by atoms with E-state index >= 15 is 0 Å². The van der Waals surface area contributed by atoms with Crippen LogP contribution in [0.1, 0.15) is 42.1 Å². The minimum atomic E-state index is -0.0855. The van der Waals surface area contributed by atoms with Gasteiger partial charge in [0.2, 0.25) is 0 Å². The number of fused-ring (bicyclic) bond motifs is 1. The Morgan fingerprint density at radius 2 is 1.89 bits per heavy atom. The summed E-state index contributed by atoms with van der Waals surface area (Å²) in [6.45, 7) is 6.25. The Labute approximate surface area is 212 Å². The summed E-state index contributed by atoms with van der Waals surface area (Å²) < 4.78 is 5.27. The molecule has 0 amide bonds. The van der Waals surface area contributed by atoms with Gasteiger partial charge in [0.05, 0.1) is 29.9 Å². The number of ether oxygens (including phenoxy) is 1. The second-order valence-corrected chi connectivity index (χ2v) is 9.45. The fourth-order valence-electron chi connectivity index (χ4n) is 5.15. The highest BCUT2D eigenvalue weighted by atomic mass is 16.5. The van der Waals surface area contributed by atoms with Crippen molar-refractivity contribution in [3.05, 3.63) is 77.0 Å². The first-order valence-corrected chi connectivity index (χ1v) is 12.7. The van der Waals surface area contributed by atoms with Gasteiger partial charge in [-0.05, 0) is 37.5 Å². The lowest BCUT2D eigenvalue weighted by molar-refractivity contribution is -0.148. The number of esters is 1. The molecule has 184 valence electrons. The van der Waals surface area contributed by atoms with Crippen molar-refractivity contribution in [2.45, 2.75) is 39.3 Å². The second kappa shape index (κ2) is 10.9. The third kappa shape index (κ3) is 5.24. The van der Waals surface area contributed by atoms with E-state index in [9.17, 15) is 10.1 Å². The van der Waals surface area contributed by atoms with Crippen molar-refractivity contribution < 1.29 is 9.53 Å². The Hall–Kier alpha value is -3.76. The van der Waals surface area contributed by atoms with Gasteiger partial charge in [-0.3, -0.25) is 9.69 Å². The van der Waals surface area contributed by atoms with Crippen LogP contribution in [0.3, 0.4) is 0 Å². The third-order valence-corrected chi connectivity index (χ3v) is 7.03. The second-order valence-electron chi connectivity index (χ2n) is 9.45. The molecule has 2 aromatic carbocycles. The van der Waals surface area contributed by atoms with E-state index in [2.05, 4.69) is 34.1 Å². The summed E-state index contributed by atoms with van der Waals surface area (Å²) in [7, 11) is 0. The highest BCUT2D eigenvalue weighted by Crippen LogP contribution is 2.33. The van der Waals surface area contributed by atoms with Gasteiger partial charge in [-0.15, -0.1) is 0 Å². The van der Waals surface area contributed by atoms with Crippen molar-refractivity contribution in [2.24, 2.45) is 5.92 Å². The lowest BCUT2D eigenvalue weighted by Gasteiger charge is -2.36. The van der Waals surface area contributed by atoms with E-state index in [4.69, 9.17) is 14.7 Å². The molecule has 3 aromatic rings. The van der Waals surface area contributed by atoms with E-state index in [1.165, 1.54) is 5.56 Å². The molecular weight excluding hydrogens is 450 g/mol. The molecule has 36 heavy (non-hydrogen) atoms. The van der Waals surface area contributed by atoms with E-state index < -0.39 is 0 Å². The highest BCUT2D eigenvalue weighted by molar-refractivity contribution is 5.73. The van der Waals surface area contributed by atoms with Crippen molar-refractivity contribution in [3.63, 3.8) is 0 Å². The lowest BCUT2D eigenvalue weighted by Crippen LogP contribution is -2.40. The zero-order valence-corrected chi connectivity index (χ0v) is 20.7. The van der Waals surface area contributed by atoms with Gasteiger partial charge >= 0.3 is 5.97 Å². The number of hydrogen-bond acceptors (Lipinski definition) is 7. The van der Waals surface area contributed by atoms with Crippen LogP contribution in [0.2, 0.25) is 0 Å². The quantitative estimate of drug-likeness (QED) is 0.484. The van der Waals surface area contributed by atoms with Gasteiger partial charge in [-0.2, -0.15) is 5.26 Å². The molecule has 1 fully saturated rings. The Morgan fingerprint density at radius 3 is 2.64 bits per heavy atom. The maximum atomic E-state index is 12.3. The number of piperidine rings is 1. The molecule has 2 aliphatic rings. The van der Waals surface area contributed by atoms with Gasteiger partial charge in [0.25, 0.3) is 0 Å². The highest BCUT2D eigenvalue weighted by Gasteiger charge is 2.30. The number of anilines is 1. The van der Waals surface area contributed by atoms with E-state index in [1.807, 2.05) is 43.3 Å². The zero-order valence-electron chi connectivity index (χ0n) is 20.7.